The summed E-state index contributed by atoms with van der Waals surface area (Å²) in [7, 11) is -1.20. The molecule has 0 unspecified atom stereocenters. The lowest BCUT2D eigenvalue weighted by molar-refractivity contribution is 0.0899. The molecule has 1 aliphatic rings. The van der Waals surface area contributed by atoms with Gasteiger partial charge in [-0.3, -0.25) is 4.99 Å². The molecule has 4 rings (SSSR count). The number of pyridine rings is 1. The molecule has 3 heterocycles. The van der Waals surface area contributed by atoms with Gasteiger partial charge in [0.15, 0.2) is 23.3 Å². The van der Waals surface area contributed by atoms with Crippen molar-refractivity contribution in [2.45, 2.75) is 45.3 Å². The molecule has 0 saturated carbocycles. The van der Waals surface area contributed by atoms with Crippen LogP contribution in [0.2, 0.25) is 30.7 Å². The second-order valence-corrected chi connectivity index (χ2v) is 15.5. The maximum atomic E-state index is 14.8. The minimum atomic E-state index is -1.20. The lowest BCUT2D eigenvalue weighted by atomic mass is 10.1. The third kappa shape index (κ3) is 5.95. The zero-order valence-electron chi connectivity index (χ0n) is 19.5. The SMILES string of the molecule is C[Si](C)(C)CCOCn1cc(Cl)c2c(Oc3c(F)cc(CC4=NCCCO4)cc3F)ccnc21. The number of rotatable bonds is 9. The van der Waals surface area contributed by atoms with Crippen molar-refractivity contribution in [2.24, 2.45) is 4.99 Å². The van der Waals surface area contributed by atoms with Gasteiger partial charge >= 0.3 is 0 Å². The number of aliphatic imine (C=N–C) groups is 1. The van der Waals surface area contributed by atoms with E-state index in [9.17, 15) is 8.78 Å². The van der Waals surface area contributed by atoms with E-state index in [2.05, 4.69) is 29.6 Å². The van der Waals surface area contributed by atoms with Crippen LogP contribution in [-0.2, 0) is 22.6 Å². The van der Waals surface area contributed by atoms with Gasteiger partial charge in [0.1, 0.15) is 18.1 Å². The Kier molecular flexibility index (Phi) is 7.54. The first-order valence-electron chi connectivity index (χ1n) is 11.2. The fourth-order valence-corrected chi connectivity index (χ4v) is 4.62. The van der Waals surface area contributed by atoms with Gasteiger partial charge in [0.2, 0.25) is 0 Å². The van der Waals surface area contributed by atoms with Crippen molar-refractivity contribution in [3.63, 3.8) is 0 Å². The highest BCUT2D eigenvalue weighted by atomic mass is 35.5. The summed E-state index contributed by atoms with van der Waals surface area (Å²) in [5.41, 5.74) is 0.933. The number of aromatic nitrogens is 2. The molecule has 0 spiro atoms. The maximum absolute atomic E-state index is 14.8. The highest BCUT2D eigenvalue weighted by Gasteiger charge is 2.20. The van der Waals surface area contributed by atoms with Gasteiger partial charge in [-0.25, -0.2) is 13.8 Å². The van der Waals surface area contributed by atoms with Crippen molar-refractivity contribution in [3.05, 3.63) is 52.8 Å². The van der Waals surface area contributed by atoms with Gasteiger partial charge in [0.25, 0.3) is 0 Å². The molecule has 0 bridgehead atoms. The molecule has 10 heteroatoms. The monoisotopic (exact) mass is 507 g/mol. The van der Waals surface area contributed by atoms with Crippen molar-refractivity contribution >= 4 is 36.6 Å². The number of nitrogens with zero attached hydrogens (tertiary/aromatic N) is 3. The van der Waals surface area contributed by atoms with E-state index in [4.69, 9.17) is 25.8 Å². The predicted octanol–water partition coefficient (Wildman–Crippen LogP) is 6.43. The van der Waals surface area contributed by atoms with E-state index in [1.807, 2.05) is 0 Å². The predicted molar refractivity (Wildman–Crippen MR) is 132 cm³/mol. The third-order valence-electron chi connectivity index (χ3n) is 5.38. The van der Waals surface area contributed by atoms with Crippen molar-refractivity contribution in [3.8, 4) is 11.5 Å². The number of fused-ring (bicyclic) bond motifs is 1. The van der Waals surface area contributed by atoms with E-state index < -0.39 is 25.5 Å². The van der Waals surface area contributed by atoms with Gasteiger partial charge in [0, 0.05) is 46.5 Å². The van der Waals surface area contributed by atoms with Crippen LogP contribution in [0.1, 0.15) is 12.0 Å². The first-order valence-corrected chi connectivity index (χ1v) is 15.3. The van der Waals surface area contributed by atoms with Crippen LogP contribution >= 0.6 is 11.6 Å². The largest absolute Gasteiger partial charge is 0.481 e. The van der Waals surface area contributed by atoms with Crippen LogP contribution in [0.5, 0.6) is 11.5 Å². The quantitative estimate of drug-likeness (QED) is 0.247. The highest BCUT2D eigenvalue weighted by molar-refractivity contribution is 6.76. The van der Waals surface area contributed by atoms with E-state index in [-0.39, 0.29) is 18.9 Å². The molecular formula is C24H28ClF2N3O3Si. The minimum Gasteiger partial charge on any atom is -0.481 e. The Labute approximate surface area is 203 Å². The fraction of sp³-hybridized carbons (Fsp3) is 0.417. The molecule has 0 atom stereocenters. The van der Waals surface area contributed by atoms with Gasteiger partial charge < -0.3 is 18.8 Å². The summed E-state index contributed by atoms with van der Waals surface area (Å²) in [6.45, 7) is 8.98. The molecule has 182 valence electrons. The van der Waals surface area contributed by atoms with Gasteiger partial charge in [-0.05, 0) is 29.8 Å². The summed E-state index contributed by atoms with van der Waals surface area (Å²) in [5, 5.41) is 0.822. The highest BCUT2D eigenvalue weighted by Crippen LogP contribution is 2.37. The molecular weight excluding hydrogens is 480 g/mol. The molecule has 2 aromatic heterocycles. The molecule has 1 aliphatic heterocycles. The average Bonchev–Trinajstić information content (AvgIpc) is 3.10. The molecule has 0 fully saturated rings. The van der Waals surface area contributed by atoms with Crippen molar-refractivity contribution in [2.75, 3.05) is 19.8 Å². The number of hydrogen-bond acceptors (Lipinski definition) is 5. The summed E-state index contributed by atoms with van der Waals surface area (Å²) in [5.74, 6) is -1.45. The number of halogens is 3. The minimum absolute atomic E-state index is 0.210. The van der Waals surface area contributed by atoms with Crippen LogP contribution in [-0.4, -0.2) is 43.3 Å². The van der Waals surface area contributed by atoms with Gasteiger partial charge in [-0.2, -0.15) is 0 Å². The van der Waals surface area contributed by atoms with Crippen LogP contribution < -0.4 is 4.74 Å². The Morgan fingerprint density at radius 2 is 1.97 bits per heavy atom. The van der Waals surface area contributed by atoms with Gasteiger partial charge in [-0.15, -0.1) is 0 Å². The lowest BCUT2D eigenvalue weighted by Gasteiger charge is -2.16. The molecule has 6 nitrogen and oxygen atoms in total. The van der Waals surface area contributed by atoms with Crippen molar-refractivity contribution in [1.82, 2.24) is 9.55 Å². The van der Waals surface area contributed by atoms with Crippen LogP contribution in [0.15, 0.2) is 35.6 Å². The zero-order chi connectivity index (χ0) is 24.3. The second kappa shape index (κ2) is 10.4. The van der Waals surface area contributed by atoms with E-state index in [1.165, 1.54) is 24.4 Å². The summed E-state index contributed by atoms with van der Waals surface area (Å²) in [6.07, 6.45) is 4.25. The number of benzene rings is 1. The van der Waals surface area contributed by atoms with Crippen LogP contribution in [0.25, 0.3) is 11.0 Å². The summed E-state index contributed by atoms with van der Waals surface area (Å²) < 4.78 is 48.4. The van der Waals surface area contributed by atoms with Gasteiger partial charge in [-0.1, -0.05) is 31.2 Å². The van der Waals surface area contributed by atoms with Gasteiger partial charge in [0.05, 0.1) is 17.0 Å². The smallest absolute Gasteiger partial charge is 0.198 e. The van der Waals surface area contributed by atoms with E-state index in [0.29, 0.717) is 47.3 Å². The Morgan fingerprint density at radius 1 is 1.21 bits per heavy atom. The summed E-state index contributed by atoms with van der Waals surface area (Å²) in [6, 6.07) is 5.03. The number of hydrogen-bond donors (Lipinski definition) is 0. The lowest BCUT2D eigenvalue weighted by Crippen LogP contribution is -2.22. The van der Waals surface area contributed by atoms with E-state index >= 15 is 0 Å². The van der Waals surface area contributed by atoms with Crippen molar-refractivity contribution < 1.29 is 23.0 Å². The van der Waals surface area contributed by atoms with Crippen LogP contribution in [0.3, 0.4) is 0 Å². The Bertz CT molecular complexity index is 1190. The Morgan fingerprint density at radius 3 is 2.65 bits per heavy atom. The van der Waals surface area contributed by atoms with E-state index in [1.54, 1.807) is 10.8 Å². The molecule has 0 radical (unpaired) electrons. The van der Waals surface area contributed by atoms with E-state index in [0.717, 1.165) is 12.5 Å². The Hall–Kier alpha value is -2.49. The molecule has 0 N–H and O–H groups in total. The average molecular weight is 508 g/mol. The topological polar surface area (TPSA) is 57.9 Å². The first kappa shape index (κ1) is 24.6. The molecule has 0 aliphatic carbocycles. The van der Waals surface area contributed by atoms with Crippen LogP contribution in [0, 0.1) is 11.6 Å². The summed E-state index contributed by atoms with van der Waals surface area (Å²) in [4.78, 5) is 8.61. The molecule has 1 aromatic carbocycles. The number of ether oxygens (including phenoxy) is 3. The second-order valence-electron chi connectivity index (χ2n) is 9.45. The third-order valence-corrected chi connectivity index (χ3v) is 7.37. The standard InChI is InChI=1S/C24H28ClF2N3O3Si/c1-34(2,3)10-9-31-15-30-14-17(25)22-20(5-7-29-24(22)30)33-23-18(26)11-16(12-19(23)27)13-21-28-6-4-8-32-21/h5,7,11-12,14H,4,6,8-10,13,15H2,1-3H3. The Balaban J connectivity index is 1.54. The fourth-order valence-electron chi connectivity index (χ4n) is 3.57. The normalized spacial score (nSPS) is 14.2. The zero-order valence-corrected chi connectivity index (χ0v) is 21.3. The van der Waals surface area contributed by atoms with Crippen LogP contribution in [0.4, 0.5) is 8.78 Å². The maximum Gasteiger partial charge on any atom is 0.198 e. The molecule has 0 saturated heterocycles. The summed E-state index contributed by atoms with van der Waals surface area (Å²) >= 11 is 6.44. The molecule has 0 amide bonds. The van der Waals surface area contributed by atoms with Crippen molar-refractivity contribution in [1.29, 1.82) is 0 Å². The molecule has 3 aromatic rings. The first-order chi connectivity index (χ1) is 16.2. The molecule has 34 heavy (non-hydrogen) atoms.